The summed E-state index contributed by atoms with van der Waals surface area (Å²) in [6.07, 6.45) is 0.811. The number of esters is 1. The van der Waals surface area contributed by atoms with E-state index in [4.69, 9.17) is 9.47 Å². The van der Waals surface area contributed by atoms with Gasteiger partial charge in [0.05, 0.1) is 17.6 Å². The second kappa shape index (κ2) is 11.4. The molecule has 1 aromatic carbocycles. The quantitative estimate of drug-likeness (QED) is 0.193. The van der Waals surface area contributed by atoms with Crippen LogP contribution in [0.3, 0.4) is 0 Å². The number of benzene rings is 1. The fourth-order valence-electron chi connectivity index (χ4n) is 4.86. The van der Waals surface area contributed by atoms with E-state index in [0.29, 0.717) is 34.7 Å². The average Bonchev–Trinajstić information content (AvgIpc) is 3.41. The van der Waals surface area contributed by atoms with Crippen LogP contribution in [0.25, 0.3) is 0 Å². The maximum absolute atomic E-state index is 13.6. The first kappa shape index (κ1) is 26.7. The van der Waals surface area contributed by atoms with Crippen molar-refractivity contribution in [2.24, 2.45) is 0 Å². The lowest BCUT2D eigenvalue weighted by atomic mass is 9.72. The van der Waals surface area contributed by atoms with Gasteiger partial charge >= 0.3 is 11.7 Å². The molecule has 9 nitrogen and oxygen atoms in total. The number of nitrogens with zero attached hydrogens (tertiary/aromatic N) is 1. The largest absolute Gasteiger partial charge is 0.500 e. The van der Waals surface area contributed by atoms with Crippen LogP contribution in [0, 0.1) is 10.1 Å². The second-order valence-corrected chi connectivity index (χ2v) is 11.1. The Kier molecular flexibility index (Phi) is 8.23. The third kappa shape index (κ3) is 5.37. The Morgan fingerprint density at radius 2 is 2.14 bits per heavy atom. The van der Waals surface area contributed by atoms with Gasteiger partial charge in [0, 0.05) is 51.9 Å². The molecule has 2 atom stereocenters. The van der Waals surface area contributed by atoms with Gasteiger partial charge in [-0.25, -0.2) is 4.79 Å². The van der Waals surface area contributed by atoms with Gasteiger partial charge in [-0.1, -0.05) is 13.0 Å². The van der Waals surface area contributed by atoms with Crippen molar-refractivity contribution >= 4 is 40.5 Å². The number of ketones is 1. The van der Waals surface area contributed by atoms with Crippen LogP contribution in [0.15, 0.2) is 52.2 Å². The van der Waals surface area contributed by atoms with E-state index in [2.05, 4.69) is 5.32 Å². The molecule has 37 heavy (non-hydrogen) atoms. The van der Waals surface area contributed by atoms with Crippen LogP contribution in [0.5, 0.6) is 11.5 Å². The van der Waals surface area contributed by atoms with E-state index in [1.807, 2.05) is 24.4 Å². The third-order valence-corrected chi connectivity index (χ3v) is 8.38. The summed E-state index contributed by atoms with van der Waals surface area (Å²) in [5, 5.41) is 27.3. The normalized spacial score (nSPS) is 19.4. The molecule has 2 aromatic rings. The SMILES string of the molecule is CCSCCOC(=O)C1=C(C)NC2=C(C(=O)C[C@@H](c3cccs3)C2)[C@H]1c1cc(OC)c(O)c([N+](=O)[O-])c1. The number of hydrogen-bond donors (Lipinski definition) is 2. The molecule has 1 aliphatic carbocycles. The lowest BCUT2D eigenvalue weighted by Gasteiger charge is -2.36. The number of thiophene rings is 1. The number of methoxy groups -OCH3 is 1. The fraction of sp³-hybridized carbons (Fsp3) is 0.385. The highest BCUT2D eigenvalue weighted by Crippen LogP contribution is 2.49. The molecule has 0 radical (unpaired) electrons. The Bertz CT molecular complexity index is 1280. The smallest absolute Gasteiger partial charge is 0.336 e. The van der Waals surface area contributed by atoms with E-state index in [-0.39, 0.29) is 36.1 Å². The summed E-state index contributed by atoms with van der Waals surface area (Å²) < 4.78 is 10.8. The highest BCUT2D eigenvalue weighted by Gasteiger charge is 2.42. The number of phenolic OH excluding ortho intramolecular Hbond substituents is 1. The van der Waals surface area contributed by atoms with E-state index in [0.717, 1.165) is 10.6 Å². The van der Waals surface area contributed by atoms with Crippen molar-refractivity contribution in [2.45, 2.75) is 38.5 Å². The molecule has 0 unspecified atom stereocenters. The van der Waals surface area contributed by atoms with Crippen LogP contribution in [0.1, 0.15) is 49.0 Å². The van der Waals surface area contributed by atoms with Gasteiger partial charge in [0.25, 0.3) is 0 Å². The van der Waals surface area contributed by atoms with Gasteiger partial charge in [-0.15, -0.1) is 11.3 Å². The van der Waals surface area contributed by atoms with Crippen molar-refractivity contribution in [1.29, 1.82) is 0 Å². The van der Waals surface area contributed by atoms with Crippen LogP contribution in [-0.4, -0.2) is 47.0 Å². The average molecular weight is 545 g/mol. The molecule has 11 heteroatoms. The van der Waals surface area contributed by atoms with Gasteiger partial charge < -0.3 is 19.9 Å². The summed E-state index contributed by atoms with van der Waals surface area (Å²) in [6, 6.07) is 6.59. The zero-order valence-corrected chi connectivity index (χ0v) is 22.4. The maximum Gasteiger partial charge on any atom is 0.336 e. The number of carbonyl (C=O) groups excluding carboxylic acids is 2. The first-order chi connectivity index (χ1) is 17.8. The molecule has 0 bridgehead atoms. The van der Waals surface area contributed by atoms with Crippen LogP contribution in [-0.2, 0) is 14.3 Å². The van der Waals surface area contributed by atoms with Crippen molar-refractivity contribution in [3.05, 3.63) is 72.7 Å². The summed E-state index contributed by atoms with van der Waals surface area (Å²) in [7, 11) is 1.29. The summed E-state index contributed by atoms with van der Waals surface area (Å²) >= 11 is 3.22. The van der Waals surface area contributed by atoms with Gasteiger partial charge in [-0.05, 0) is 42.2 Å². The highest BCUT2D eigenvalue weighted by atomic mass is 32.2. The maximum atomic E-state index is 13.6. The molecular formula is C26H28N2O7S2. The standard InChI is InChI=1S/C26H28N2O7S2/c1-4-36-9-7-35-26(31)22-14(2)27-17-10-15(21-6-5-8-37-21)12-19(29)24(17)23(22)16-11-18(28(32)33)25(30)20(13-16)34-3/h5-6,8,11,13,15,23,27,30H,4,7,9-10,12H2,1-3H3/t15-,23-/m0/s1. The second-order valence-electron chi connectivity index (χ2n) is 8.71. The summed E-state index contributed by atoms with van der Waals surface area (Å²) in [5.41, 5.74) is 1.53. The van der Waals surface area contributed by atoms with Crippen molar-refractivity contribution in [3.8, 4) is 11.5 Å². The van der Waals surface area contributed by atoms with Crippen LogP contribution in [0.4, 0.5) is 5.69 Å². The van der Waals surface area contributed by atoms with Crippen molar-refractivity contribution < 1.29 is 29.1 Å². The van der Waals surface area contributed by atoms with E-state index >= 15 is 0 Å². The number of carbonyl (C=O) groups is 2. The molecule has 2 heterocycles. The van der Waals surface area contributed by atoms with Crippen molar-refractivity contribution in [3.63, 3.8) is 0 Å². The van der Waals surface area contributed by atoms with Crippen molar-refractivity contribution in [1.82, 2.24) is 5.32 Å². The van der Waals surface area contributed by atoms with E-state index in [1.54, 1.807) is 30.0 Å². The molecule has 1 aromatic heterocycles. The number of nitro benzene ring substituents is 1. The number of phenols is 1. The van der Waals surface area contributed by atoms with Crippen LogP contribution in [0.2, 0.25) is 0 Å². The molecular weight excluding hydrogens is 516 g/mol. The predicted molar refractivity (Wildman–Crippen MR) is 142 cm³/mol. The summed E-state index contributed by atoms with van der Waals surface area (Å²) in [4.78, 5) is 39.1. The fourth-order valence-corrected chi connectivity index (χ4v) is 6.18. The molecule has 0 fully saturated rings. The number of nitro groups is 1. The van der Waals surface area contributed by atoms with Crippen LogP contribution < -0.4 is 10.1 Å². The lowest BCUT2D eigenvalue weighted by Crippen LogP contribution is -2.36. The molecule has 0 amide bonds. The Hall–Kier alpha value is -3.31. The highest BCUT2D eigenvalue weighted by molar-refractivity contribution is 7.99. The minimum atomic E-state index is -0.910. The Morgan fingerprint density at radius 1 is 1.35 bits per heavy atom. The molecule has 0 saturated heterocycles. The molecule has 0 spiro atoms. The molecule has 2 aliphatic rings. The zero-order valence-electron chi connectivity index (χ0n) is 20.7. The van der Waals surface area contributed by atoms with E-state index in [1.165, 1.54) is 19.2 Å². The molecule has 1 aliphatic heterocycles. The Balaban J connectivity index is 1.83. The topological polar surface area (TPSA) is 128 Å². The number of ether oxygens (including phenoxy) is 2. The Morgan fingerprint density at radius 3 is 2.78 bits per heavy atom. The number of hydrogen-bond acceptors (Lipinski definition) is 10. The lowest BCUT2D eigenvalue weighted by molar-refractivity contribution is -0.386. The van der Waals surface area contributed by atoms with E-state index in [9.17, 15) is 24.8 Å². The van der Waals surface area contributed by atoms with Gasteiger partial charge in [-0.3, -0.25) is 14.9 Å². The number of aromatic hydroxyl groups is 1. The molecule has 2 N–H and O–H groups in total. The zero-order chi connectivity index (χ0) is 26.7. The number of allylic oxidation sites excluding steroid dienone is 3. The monoisotopic (exact) mass is 544 g/mol. The Labute approximate surface area is 222 Å². The summed E-state index contributed by atoms with van der Waals surface area (Å²) in [5.74, 6) is -0.880. The summed E-state index contributed by atoms with van der Waals surface area (Å²) in [6.45, 7) is 3.94. The van der Waals surface area contributed by atoms with Crippen LogP contribution >= 0.6 is 23.1 Å². The number of rotatable bonds is 9. The third-order valence-electron chi connectivity index (χ3n) is 6.49. The number of dihydropyridines is 1. The van der Waals surface area contributed by atoms with Gasteiger partial charge in [-0.2, -0.15) is 11.8 Å². The minimum Gasteiger partial charge on any atom is -0.500 e. The number of Topliss-reactive ketones (excluding diaryl/α,β-unsaturated/α-hetero) is 1. The number of nitrogens with one attached hydrogen (secondary N) is 1. The minimum absolute atomic E-state index is 0.00420. The first-order valence-corrected chi connectivity index (χ1v) is 13.9. The van der Waals surface area contributed by atoms with Crippen molar-refractivity contribution in [2.75, 3.05) is 25.2 Å². The molecule has 0 saturated carbocycles. The molecule has 196 valence electrons. The molecule has 4 rings (SSSR count). The van der Waals surface area contributed by atoms with Gasteiger partial charge in [0.15, 0.2) is 11.5 Å². The first-order valence-electron chi connectivity index (χ1n) is 11.8. The van der Waals surface area contributed by atoms with E-state index < -0.39 is 28.2 Å². The predicted octanol–water partition coefficient (Wildman–Crippen LogP) is 5.03. The number of thioether (sulfide) groups is 1. The van der Waals surface area contributed by atoms with Gasteiger partial charge in [0.1, 0.15) is 6.61 Å². The van der Waals surface area contributed by atoms with Gasteiger partial charge in [0.2, 0.25) is 5.75 Å².